The molecular weight excluding hydrogens is 356 g/mol. The zero-order valence-corrected chi connectivity index (χ0v) is 14.8. The first-order chi connectivity index (χ1) is 13.6. The molecule has 0 bridgehead atoms. The molecule has 4 rings (SSSR count). The Bertz CT molecular complexity index is 1180. The fourth-order valence-electron chi connectivity index (χ4n) is 3.10. The van der Waals surface area contributed by atoms with E-state index < -0.39 is 4.92 Å². The number of aromatic hydroxyl groups is 1. The Kier molecular flexibility index (Phi) is 4.55. The van der Waals surface area contributed by atoms with Crippen LogP contribution < -0.4 is 0 Å². The molecule has 4 aromatic rings. The molecule has 0 aliphatic carbocycles. The molecule has 3 aromatic carbocycles. The molecule has 0 radical (unpaired) electrons. The highest BCUT2D eigenvalue weighted by Crippen LogP contribution is 2.40. The van der Waals surface area contributed by atoms with Crippen LogP contribution in [0.2, 0.25) is 0 Å². The third-order valence-corrected chi connectivity index (χ3v) is 4.44. The summed E-state index contributed by atoms with van der Waals surface area (Å²) >= 11 is 0. The fraction of sp³-hybridized carbons (Fsp3) is 0.0476. The van der Waals surface area contributed by atoms with Crippen LogP contribution in [0.5, 0.6) is 5.88 Å². The number of nitrogens with zero attached hydrogens (tertiary/aromatic N) is 4. The number of rotatable bonds is 5. The summed E-state index contributed by atoms with van der Waals surface area (Å²) in [5.74, 6) is -0.0348. The van der Waals surface area contributed by atoms with E-state index in [-0.39, 0.29) is 22.9 Å². The quantitative estimate of drug-likeness (QED) is 0.276. The Morgan fingerprint density at radius 1 is 0.893 bits per heavy atom. The van der Waals surface area contributed by atoms with E-state index in [0.29, 0.717) is 6.54 Å². The molecule has 0 saturated carbocycles. The number of hydrogen-bond acceptors (Lipinski definition) is 5. The minimum absolute atomic E-state index is 0.0348. The van der Waals surface area contributed by atoms with Crippen molar-refractivity contribution in [3.05, 3.63) is 94.5 Å². The molecule has 7 nitrogen and oxygen atoms in total. The van der Waals surface area contributed by atoms with Crippen LogP contribution in [-0.2, 0) is 6.54 Å². The van der Waals surface area contributed by atoms with Gasteiger partial charge in [-0.2, -0.15) is 0 Å². The van der Waals surface area contributed by atoms with Gasteiger partial charge in [-0.1, -0.05) is 60.7 Å². The molecule has 0 atom stereocenters. The van der Waals surface area contributed by atoms with Crippen LogP contribution in [0.25, 0.3) is 10.9 Å². The molecule has 0 fully saturated rings. The maximum absolute atomic E-state index is 11.2. The van der Waals surface area contributed by atoms with E-state index in [0.717, 1.165) is 16.5 Å². The predicted octanol–water partition coefficient (Wildman–Crippen LogP) is 5.72. The van der Waals surface area contributed by atoms with Gasteiger partial charge in [0.25, 0.3) is 5.69 Å². The molecule has 28 heavy (non-hydrogen) atoms. The van der Waals surface area contributed by atoms with Gasteiger partial charge in [0, 0.05) is 11.5 Å². The van der Waals surface area contributed by atoms with Crippen LogP contribution >= 0.6 is 0 Å². The number of nitro groups is 1. The molecular formula is C21H16N4O3. The van der Waals surface area contributed by atoms with Crippen LogP contribution in [0.1, 0.15) is 5.56 Å². The van der Waals surface area contributed by atoms with E-state index in [1.54, 1.807) is 16.7 Å². The lowest BCUT2D eigenvalue weighted by Gasteiger charge is -2.06. The summed E-state index contributed by atoms with van der Waals surface area (Å²) in [5, 5.41) is 30.9. The zero-order chi connectivity index (χ0) is 19.5. The van der Waals surface area contributed by atoms with Crippen molar-refractivity contribution >= 4 is 28.0 Å². The number of para-hydroxylation sites is 2. The average Bonchev–Trinajstić information content (AvgIpc) is 2.99. The van der Waals surface area contributed by atoms with Crippen molar-refractivity contribution in [2.75, 3.05) is 0 Å². The lowest BCUT2D eigenvalue weighted by Crippen LogP contribution is -1.98. The molecule has 7 heteroatoms. The first-order valence-corrected chi connectivity index (χ1v) is 8.64. The number of nitro benzene ring substituents is 1. The van der Waals surface area contributed by atoms with Gasteiger partial charge in [-0.3, -0.25) is 10.1 Å². The van der Waals surface area contributed by atoms with Crippen LogP contribution in [0.15, 0.2) is 89.1 Å². The van der Waals surface area contributed by atoms with E-state index in [4.69, 9.17) is 0 Å². The van der Waals surface area contributed by atoms with Gasteiger partial charge in [0.2, 0.25) is 5.88 Å². The molecule has 0 aliphatic rings. The normalized spacial score (nSPS) is 11.3. The number of fused-ring (bicyclic) bond motifs is 1. The van der Waals surface area contributed by atoms with E-state index >= 15 is 0 Å². The second-order valence-electron chi connectivity index (χ2n) is 6.21. The minimum atomic E-state index is -0.507. The van der Waals surface area contributed by atoms with Gasteiger partial charge in [-0.15, -0.1) is 10.2 Å². The highest BCUT2D eigenvalue weighted by Gasteiger charge is 2.17. The fourth-order valence-corrected chi connectivity index (χ4v) is 3.10. The van der Waals surface area contributed by atoms with Crippen LogP contribution in [-0.4, -0.2) is 14.6 Å². The van der Waals surface area contributed by atoms with Gasteiger partial charge in [0.15, 0.2) is 11.4 Å². The number of azo groups is 1. The van der Waals surface area contributed by atoms with Gasteiger partial charge in [-0.05, 0) is 17.7 Å². The summed E-state index contributed by atoms with van der Waals surface area (Å²) in [6.07, 6.45) is 0. The van der Waals surface area contributed by atoms with E-state index in [2.05, 4.69) is 10.2 Å². The number of hydrogen-bond donors (Lipinski definition) is 1. The highest BCUT2D eigenvalue weighted by molar-refractivity contribution is 5.95. The number of aromatic nitrogens is 1. The minimum Gasteiger partial charge on any atom is -0.493 e. The summed E-state index contributed by atoms with van der Waals surface area (Å²) in [6.45, 7) is 0.466. The predicted molar refractivity (Wildman–Crippen MR) is 106 cm³/mol. The summed E-state index contributed by atoms with van der Waals surface area (Å²) in [6, 6.07) is 23.3. The maximum atomic E-state index is 11.2. The Balaban J connectivity index is 1.80. The highest BCUT2D eigenvalue weighted by atomic mass is 16.6. The molecule has 0 unspecified atom stereocenters. The van der Waals surface area contributed by atoms with Crippen LogP contribution in [0, 0.1) is 10.1 Å². The van der Waals surface area contributed by atoms with E-state index in [9.17, 15) is 15.2 Å². The van der Waals surface area contributed by atoms with Crippen molar-refractivity contribution < 1.29 is 10.0 Å². The van der Waals surface area contributed by atoms with Gasteiger partial charge >= 0.3 is 0 Å². The van der Waals surface area contributed by atoms with Crippen molar-refractivity contribution in [3.8, 4) is 5.88 Å². The first kappa shape index (κ1) is 17.4. The third-order valence-electron chi connectivity index (χ3n) is 4.44. The Morgan fingerprint density at radius 3 is 2.36 bits per heavy atom. The van der Waals surface area contributed by atoms with Gasteiger partial charge < -0.3 is 9.67 Å². The lowest BCUT2D eigenvalue weighted by atomic mass is 10.2. The molecule has 1 N–H and O–H groups in total. The lowest BCUT2D eigenvalue weighted by molar-refractivity contribution is -0.384. The average molecular weight is 372 g/mol. The van der Waals surface area contributed by atoms with Crippen molar-refractivity contribution in [1.82, 2.24) is 4.57 Å². The SMILES string of the molecule is O=[N+]([O-])c1ccccc1N=Nc1c(O)n(Cc2ccccc2)c2ccccc12. The third kappa shape index (κ3) is 3.21. The van der Waals surface area contributed by atoms with Crippen molar-refractivity contribution in [2.24, 2.45) is 10.2 Å². The first-order valence-electron chi connectivity index (χ1n) is 8.64. The van der Waals surface area contributed by atoms with E-state index in [1.165, 1.54) is 12.1 Å². The summed E-state index contributed by atoms with van der Waals surface area (Å²) in [7, 11) is 0. The monoisotopic (exact) mass is 372 g/mol. The Labute approximate surface area is 160 Å². The van der Waals surface area contributed by atoms with Crippen molar-refractivity contribution in [3.63, 3.8) is 0 Å². The molecule has 138 valence electrons. The van der Waals surface area contributed by atoms with E-state index in [1.807, 2.05) is 54.6 Å². The Morgan fingerprint density at radius 2 is 1.57 bits per heavy atom. The molecule has 1 heterocycles. The van der Waals surface area contributed by atoms with Crippen LogP contribution in [0.3, 0.4) is 0 Å². The molecule has 0 spiro atoms. The van der Waals surface area contributed by atoms with Gasteiger partial charge in [0.05, 0.1) is 17.0 Å². The molecule has 1 aromatic heterocycles. The second-order valence-corrected chi connectivity index (χ2v) is 6.21. The summed E-state index contributed by atoms with van der Waals surface area (Å²) in [4.78, 5) is 10.7. The smallest absolute Gasteiger partial charge is 0.296 e. The van der Waals surface area contributed by atoms with Crippen LogP contribution in [0.4, 0.5) is 17.1 Å². The largest absolute Gasteiger partial charge is 0.493 e. The van der Waals surface area contributed by atoms with Crippen molar-refractivity contribution in [1.29, 1.82) is 0 Å². The number of benzene rings is 3. The topological polar surface area (TPSA) is 93.0 Å². The molecule has 0 amide bonds. The summed E-state index contributed by atoms with van der Waals surface area (Å²) in [5.41, 5.74) is 2.11. The molecule has 0 aliphatic heterocycles. The Hall–Kier alpha value is -4.00. The standard InChI is InChI=1S/C21H16N4O3/c26-21-20(23-22-17-11-5-7-13-19(17)25(27)28)16-10-4-6-12-18(16)24(21)14-15-8-2-1-3-9-15/h1-13,26H,14H2. The summed E-state index contributed by atoms with van der Waals surface area (Å²) < 4.78 is 1.75. The van der Waals surface area contributed by atoms with Gasteiger partial charge in [-0.25, -0.2) is 0 Å². The maximum Gasteiger partial charge on any atom is 0.296 e. The van der Waals surface area contributed by atoms with Crippen molar-refractivity contribution in [2.45, 2.75) is 6.54 Å². The molecule has 0 saturated heterocycles. The van der Waals surface area contributed by atoms with Gasteiger partial charge in [0.1, 0.15) is 0 Å². The zero-order valence-electron chi connectivity index (χ0n) is 14.8. The second kappa shape index (κ2) is 7.32.